The van der Waals surface area contributed by atoms with Crippen molar-refractivity contribution in [2.75, 3.05) is 25.4 Å². The van der Waals surface area contributed by atoms with E-state index in [0.29, 0.717) is 10.6 Å². The van der Waals surface area contributed by atoms with Crippen molar-refractivity contribution in [2.45, 2.75) is 11.3 Å². The molecule has 0 aliphatic heterocycles. The van der Waals surface area contributed by atoms with Gasteiger partial charge >= 0.3 is 0 Å². The number of nitrogens with two attached hydrogens (primary N) is 1. The van der Waals surface area contributed by atoms with E-state index in [1.54, 1.807) is 18.2 Å². The SMILES string of the molecule is COS(C)(C)(=O)c1cc(CC#N)ccc1N. The topological polar surface area (TPSA) is 76.1 Å². The Morgan fingerprint density at radius 3 is 2.62 bits per heavy atom. The molecule has 1 aromatic rings. The van der Waals surface area contributed by atoms with Gasteiger partial charge in [0.15, 0.2) is 0 Å². The summed E-state index contributed by atoms with van der Waals surface area (Å²) in [6.07, 6.45) is 3.32. The van der Waals surface area contributed by atoms with Crippen LogP contribution in [0.3, 0.4) is 0 Å². The van der Waals surface area contributed by atoms with E-state index in [4.69, 9.17) is 15.2 Å². The van der Waals surface area contributed by atoms with Crippen molar-refractivity contribution in [3.63, 3.8) is 0 Å². The highest BCUT2D eigenvalue weighted by atomic mass is 32.3. The quantitative estimate of drug-likeness (QED) is 0.809. The molecule has 0 amide bonds. The summed E-state index contributed by atoms with van der Waals surface area (Å²) < 4.78 is 17.7. The summed E-state index contributed by atoms with van der Waals surface area (Å²) in [5.41, 5.74) is 7.00. The first-order valence-electron chi connectivity index (χ1n) is 4.72. The second-order valence-corrected chi connectivity index (χ2v) is 8.30. The molecule has 0 saturated carbocycles. The van der Waals surface area contributed by atoms with Crippen molar-refractivity contribution in [3.8, 4) is 6.07 Å². The molecule has 0 unspecified atom stereocenters. The van der Waals surface area contributed by atoms with Gasteiger partial charge in [-0.1, -0.05) is 6.07 Å². The van der Waals surface area contributed by atoms with Crippen LogP contribution in [0.1, 0.15) is 5.56 Å². The number of hydrogen-bond donors (Lipinski definition) is 1. The van der Waals surface area contributed by atoms with Gasteiger partial charge in [-0.05, 0) is 17.7 Å². The van der Waals surface area contributed by atoms with Crippen LogP contribution in [-0.2, 0) is 20.0 Å². The van der Waals surface area contributed by atoms with E-state index < -0.39 is 9.35 Å². The van der Waals surface area contributed by atoms with Gasteiger partial charge in [-0.25, -0.2) is 4.21 Å². The number of hydrogen-bond acceptors (Lipinski definition) is 4. The maximum atomic E-state index is 12.6. The van der Waals surface area contributed by atoms with E-state index >= 15 is 0 Å². The van der Waals surface area contributed by atoms with Gasteiger partial charge in [0.1, 0.15) is 0 Å². The molecule has 2 N–H and O–H groups in total. The molecule has 4 nitrogen and oxygen atoms in total. The normalized spacial score (nSPS) is 13.8. The number of nitrogen functional groups attached to an aromatic ring is 1. The Bertz CT molecular complexity index is 511. The first kappa shape index (κ1) is 12.7. The van der Waals surface area contributed by atoms with Crippen LogP contribution in [0.2, 0.25) is 0 Å². The van der Waals surface area contributed by atoms with E-state index in [1.807, 2.05) is 6.07 Å². The average molecular weight is 240 g/mol. The third-order valence-electron chi connectivity index (χ3n) is 2.47. The van der Waals surface area contributed by atoms with Crippen LogP contribution in [0, 0.1) is 11.3 Å². The Morgan fingerprint density at radius 1 is 1.50 bits per heavy atom. The van der Waals surface area contributed by atoms with Crippen LogP contribution in [0.25, 0.3) is 0 Å². The van der Waals surface area contributed by atoms with Crippen molar-refractivity contribution in [1.82, 2.24) is 0 Å². The minimum Gasteiger partial charge on any atom is -0.397 e. The zero-order valence-corrected chi connectivity index (χ0v) is 10.5. The van der Waals surface area contributed by atoms with Gasteiger partial charge in [-0.15, -0.1) is 0 Å². The summed E-state index contributed by atoms with van der Waals surface area (Å²) in [6, 6.07) is 7.12. The fraction of sp³-hybridized carbons (Fsp3) is 0.364. The lowest BCUT2D eigenvalue weighted by Crippen LogP contribution is -2.32. The number of anilines is 1. The minimum absolute atomic E-state index is 0.264. The van der Waals surface area contributed by atoms with Gasteiger partial charge in [0.05, 0.1) is 30.2 Å². The molecule has 0 aliphatic rings. The zero-order valence-electron chi connectivity index (χ0n) is 9.69. The Hall–Kier alpha value is -1.38. The summed E-state index contributed by atoms with van der Waals surface area (Å²) in [5.74, 6) is 0. The summed E-state index contributed by atoms with van der Waals surface area (Å²) in [7, 11) is -1.96. The fourth-order valence-corrected chi connectivity index (χ4v) is 2.76. The van der Waals surface area contributed by atoms with Crippen LogP contribution in [-0.4, -0.2) is 23.8 Å². The predicted molar refractivity (Wildman–Crippen MR) is 65.4 cm³/mol. The Morgan fingerprint density at radius 2 is 2.12 bits per heavy atom. The second-order valence-electron chi connectivity index (χ2n) is 4.09. The molecule has 5 heteroatoms. The van der Waals surface area contributed by atoms with Crippen molar-refractivity contribution in [2.24, 2.45) is 0 Å². The van der Waals surface area contributed by atoms with E-state index in [9.17, 15) is 4.21 Å². The molecule has 0 saturated heterocycles. The van der Waals surface area contributed by atoms with E-state index in [1.165, 1.54) is 19.6 Å². The summed E-state index contributed by atoms with van der Waals surface area (Å²) >= 11 is 0. The Balaban J connectivity index is 3.40. The van der Waals surface area contributed by atoms with Gasteiger partial charge < -0.3 is 5.73 Å². The average Bonchev–Trinajstić information content (AvgIpc) is 2.21. The highest BCUT2D eigenvalue weighted by Crippen LogP contribution is 2.35. The van der Waals surface area contributed by atoms with E-state index in [0.717, 1.165) is 5.56 Å². The standard InChI is InChI=1S/C11H16N2O2S/c1-15-16(2,3,14)11-8-9(6-7-12)4-5-10(11)13/h4-5,8H,6,13H2,1-3H3. The smallest absolute Gasteiger partial charge is 0.0771 e. The third-order valence-corrected chi connectivity index (χ3v) is 5.03. The van der Waals surface area contributed by atoms with Gasteiger partial charge in [0.25, 0.3) is 0 Å². The van der Waals surface area contributed by atoms with Crippen molar-refractivity contribution in [3.05, 3.63) is 23.8 Å². The number of nitriles is 1. The Labute approximate surface area is 95.6 Å². The zero-order chi connectivity index (χ0) is 12.4. The molecule has 0 aliphatic carbocycles. The molecule has 0 fully saturated rings. The first-order chi connectivity index (χ1) is 7.28. The maximum Gasteiger partial charge on any atom is 0.0771 e. The lowest BCUT2D eigenvalue weighted by atomic mass is 10.1. The van der Waals surface area contributed by atoms with Crippen molar-refractivity contribution >= 4 is 15.0 Å². The molecule has 0 radical (unpaired) electrons. The molecular formula is C11H16N2O2S. The molecule has 88 valence electrons. The lowest BCUT2D eigenvalue weighted by Gasteiger charge is -2.39. The first-order valence-corrected chi connectivity index (χ1v) is 7.43. The van der Waals surface area contributed by atoms with Crippen LogP contribution in [0.15, 0.2) is 23.1 Å². The molecule has 1 rings (SSSR count). The summed E-state index contributed by atoms with van der Waals surface area (Å²) in [6.45, 7) is 0. The molecule has 0 aromatic heterocycles. The van der Waals surface area contributed by atoms with Gasteiger partial charge in [-0.2, -0.15) is 14.6 Å². The minimum atomic E-state index is -3.36. The lowest BCUT2D eigenvalue weighted by molar-refractivity contribution is 0.417. The summed E-state index contributed by atoms with van der Waals surface area (Å²) in [5, 5.41) is 8.62. The van der Waals surface area contributed by atoms with E-state index in [-0.39, 0.29) is 6.42 Å². The highest BCUT2D eigenvalue weighted by molar-refractivity contribution is 8.14. The van der Waals surface area contributed by atoms with Crippen LogP contribution < -0.4 is 5.73 Å². The van der Waals surface area contributed by atoms with Gasteiger partial charge in [-0.3, -0.25) is 4.18 Å². The second kappa shape index (κ2) is 3.89. The molecule has 16 heavy (non-hydrogen) atoms. The molecule has 1 aromatic carbocycles. The third kappa shape index (κ3) is 2.40. The van der Waals surface area contributed by atoms with Crippen LogP contribution in [0.5, 0.6) is 0 Å². The number of nitrogens with zero attached hydrogens (tertiary/aromatic N) is 1. The van der Waals surface area contributed by atoms with Crippen molar-refractivity contribution in [1.29, 1.82) is 5.26 Å². The molecular weight excluding hydrogens is 224 g/mol. The number of benzene rings is 1. The molecule has 0 spiro atoms. The van der Waals surface area contributed by atoms with Crippen LogP contribution >= 0.6 is 0 Å². The van der Waals surface area contributed by atoms with Crippen molar-refractivity contribution < 1.29 is 8.39 Å². The Kier molecular flexibility index (Phi) is 3.08. The van der Waals surface area contributed by atoms with Crippen LogP contribution in [0.4, 0.5) is 5.69 Å². The number of rotatable bonds is 3. The molecule has 0 bridgehead atoms. The largest absolute Gasteiger partial charge is 0.397 e. The predicted octanol–water partition coefficient (Wildman–Crippen LogP) is 1.33. The summed E-state index contributed by atoms with van der Waals surface area (Å²) in [4.78, 5) is 0.465. The van der Waals surface area contributed by atoms with E-state index in [2.05, 4.69) is 0 Å². The molecule has 0 atom stereocenters. The monoisotopic (exact) mass is 240 g/mol. The molecule has 0 heterocycles. The highest BCUT2D eigenvalue weighted by Gasteiger charge is 2.23. The van der Waals surface area contributed by atoms with Gasteiger partial charge in [0, 0.05) is 12.5 Å². The fourth-order valence-electron chi connectivity index (χ4n) is 1.37. The maximum absolute atomic E-state index is 12.6. The van der Waals surface area contributed by atoms with Gasteiger partial charge in [0.2, 0.25) is 0 Å².